The number of para-hydroxylation sites is 2. The van der Waals surface area contributed by atoms with Crippen LogP contribution >= 0.6 is 31.9 Å². The van der Waals surface area contributed by atoms with Crippen LogP contribution < -0.4 is 10.1 Å². The molecule has 3 amide bonds. The summed E-state index contributed by atoms with van der Waals surface area (Å²) in [7, 11) is 1.53. The minimum atomic E-state index is -0.940. The Bertz CT molecular complexity index is 1060. The van der Waals surface area contributed by atoms with Gasteiger partial charge in [0.1, 0.15) is 11.8 Å². The number of alkyl halides is 2. The molecule has 2 aromatic rings. The molecule has 1 aliphatic heterocycles. The number of halogens is 2. The Balaban J connectivity index is 1.48. The van der Waals surface area contributed by atoms with Gasteiger partial charge < -0.3 is 10.1 Å². The predicted molar refractivity (Wildman–Crippen MR) is 131 cm³/mol. The van der Waals surface area contributed by atoms with Crippen LogP contribution in [0.5, 0.6) is 5.75 Å². The van der Waals surface area contributed by atoms with Crippen LogP contribution in [0.25, 0.3) is 0 Å². The number of rotatable bonds is 6. The van der Waals surface area contributed by atoms with E-state index >= 15 is 0 Å². The monoisotopic (exact) mass is 574 g/mol. The molecular formula is C25H24Br2N2O4. The van der Waals surface area contributed by atoms with Crippen LogP contribution in [0.1, 0.15) is 12.0 Å². The summed E-state index contributed by atoms with van der Waals surface area (Å²) < 4.78 is 5.36. The molecule has 1 saturated heterocycles. The van der Waals surface area contributed by atoms with Crippen molar-refractivity contribution in [2.75, 3.05) is 12.4 Å². The maximum absolute atomic E-state index is 13.6. The first-order chi connectivity index (χ1) is 15.9. The van der Waals surface area contributed by atoms with Gasteiger partial charge in [0, 0.05) is 16.1 Å². The molecular weight excluding hydrogens is 552 g/mol. The van der Waals surface area contributed by atoms with Gasteiger partial charge in [-0.3, -0.25) is 19.3 Å². The number of hydrogen-bond acceptors (Lipinski definition) is 4. The van der Waals surface area contributed by atoms with Crippen molar-refractivity contribution in [3.63, 3.8) is 0 Å². The standard InChI is InChI=1S/C25H24Br2N2O4/c1-33-18-10-6-5-9-16(18)28-23(30)17(11-13-7-3-2-4-8-13)29-24(31)19-14-12-15(20(19)25(29)32)22(27)21(14)26/h2-10,14-15,17,19-22H,11-12H2,1H3,(H,28,30). The molecule has 3 aliphatic rings. The lowest BCUT2D eigenvalue weighted by atomic mass is 9.81. The Morgan fingerprint density at radius 1 is 1.00 bits per heavy atom. The molecule has 0 radical (unpaired) electrons. The summed E-state index contributed by atoms with van der Waals surface area (Å²) in [6.07, 6.45) is 1.10. The molecule has 6 nitrogen and oxygen atoms in total. The van der Waals surface area contributed by atoms with E-state index in [-0.39, 0.29) is 51.6 Å². The lowest BCUT2D eigenvalue weighted by molar-refractivity contribution is -0.147. The van der Waals surface area contributed by atoms with Crippen molar-refractivity contribution in [1.82, 2.24) is 4.90 Å². The second-order valence-electron chi connectivity index (χ2n) is 8.95. The molecule has 2 aliphatic carbocycles. The molecule has 33 heavy (non-hydrogen) atoms. The molecule has 0 aromatic heterocycles. The van der Waals surface area contributed by atoms with Gasteiger partial charge >= 0.3 is 0 Å². The minimum absolute atomic E-state index is 0.0977. The van der Waals surface area contributed by atoms with Gasteiger partial charge in [-0.1, -0.05) is 74.3 Å². The lowest BCUT2D eigenvalue weighted by Crippen LogP contribution is -2.49. The predicted octanol–water partition coefficient (Wildman–Crippen LogP) is 4.02. The Morgan fingerprint density at radius 2 is 1.58 bits per heavy atom. The SMILES string of the molecule is COc1ccccc1NC(=O)C(Cc1ccccc1)N1C(=O)C2C3CC(C(Br)C3Br)C2C1=O. The summed E-state index contributed by atoms with van der Waals surface area (Å²) in [4.78, 5) is 42.3. The number of methoxy groups -OCH3 is 1. The average molecular weight is 576 g/mol. The quantitative estimate of drug-likeness (QED) is 0.417. The molecule has 2 aromatic carbocycles. The number of ether oxygens (including phenoxy) is 1. The largest absolute Gasteiger partial charge is 0.495 e. The van der Waals surface area contributed by atoms with E-state index in [1.807, 2.05) is 36.4 Å². The number of imide groups is 1. The summed E-state index contributed by atoms with van der Waals surface area (Å²) >= 11 is 7.44. The molecule has 8 heteroatoms. The van der Waals surface area contributed by atoms with Gasteiger partial charge in [0.05, 0.1) is 24.6 Å². The van der Waals surface area contributed by atoms with Crippen molar-refractivity contribution in [3.8, 4) is 5.75 Å². The molecule has 2 bridgehead atoms. The fourth-order valence-electron chi connectivity index (χ4n) is 5.78. The molecule has 172 valence electrons. The van der Waals surface area contributed by atoms with E-state index in [0.717, 1.165) is 12.0 Å². The van der Waals surface area contributed by atoms with Crippen LogP contribution in [-0.4, -0.2) is 45.4 Å². The summed E-state index contributed by atoms with van der Waals surface area (Å²) in [5.74, 6) is -0.863. The number of nitrogens with one attached hydrogen (secondary N) is 1. The zero-order valence-electron chi connectivity index (χ0n) is 18.0. The van der Waals surface area contributed by atoms with E-state index in [2.05, 4.69) is 37.2 Å². The first-order valence-corrected chi connectivity index (χ1v) is 12.9. The average Bonchev–Trinajstić information content (AvgIpc) is 3.43. The zero-order chi connectivity index (χ0) is 23.3. The molecule has 7 unspecified atom stereocenters. The second kappa shape index (κ2) is 8.87. The highest BCUT2D eigenvalue weighted by Crippen LogP contribution is 2.60. The smallest absolute Gasteiger partial charge is 0.248 e. The van der Waals surface area contributed by atoms with Gasteiger partial charge in [-0.05, 0) is 36.0 Å². The van der Waals surface area contributed by atoms with Crippen molar-refractivity contribution in [2.24, 2.45) is 23.7 Å². The number of likely N-dealkylation sites (tertiary alicyclic amines) is 1. The Hall–Kier alpha value is -2.19. The Labute approximate surface area is 209 Å². The number of nitrogens with zero attached hydrogens (tertiary/aromatic N) is 1. The third kappa shape index (κ3) is 3.71. The number of hydrogen-bond donors (Lipinski definition) is 1. The highest BCUT2D eigenvalue weighted by atomic mass is 79.9. The number of anilines is 1. The number of carbonyl (C=O) groups is 3. The van der Waals surface area contributed by atoms with Gasteiger partial charge in [0.2, 0.25) is 17.7 Å². The Morgan fingerprint density at radius 3 is 2.18 bits per heavy atom. The molecule has 7 atom stereocenters. The van der Waals surface area contributed by atoms with E-state index < -0.39 is 11.9 Å². The Kier molecular flexibility index (Phi) is 6.07. The summed E-state index contributed by atoms with van der Waals surface area (Å²) in [6, 6.07) is 15.6. The molecule has 0 spiro atoms. The van der Waals surface area contributed by atoms with Crippen molar-refractivity contribution in [3.05, 3.63) is 60.2 Å². The second-order valence-corrected chi connectivity index (χ2v) is 11.1. The fraction of sp³-hybridized carbons (Fsp3) is 0.400. The molecule has 5 rings (SSSR count). The molecule has 1 heterocycles. The van der Waals surface area contributed by atoms with Crippen LogP contribution in [0.2, 0.25) is 0 Å². The van der Waals surface area contributed by atoms with Crippen molar-refractivity contribution < 1.29 is 19.1 Å². The van der Waals surface area contributed by atoms with E-state index in [1.165, 1.54) is 12.0 Å². The van der Waals surface area contributed by atoms with Crippen LogP contribution in [0.3, 0.4) is 0 Å². The molecule has 1 N–H and O–H groups in total. The van der Waals surface area contributed by atoms with Crippen LogP contribution in [0.15, 0.2) is 54.6 Å². The fourth-order valence-corrected chi connectivity index (χ4v) is 7.65. The summed E-state index contributed by atoms with van der Waals surface area (Å²) in [5.41, 5.74) is 1.39. The maximum atomic E-state index is 13.6. The van der Waals surface area contributed by atoms with Gasteiger partial charge in [0.25, 0.3) is 0 Å². The van der Waals surface area contributed by atoms with Gasteiger partial charge in [-0.2, -0.15) is 0 Å². The highest BCUT2D eigenvalue weighted by Gasteiger charge is 2.67. The van der Waals surface area contributed by atoms with E-state index in [9.17, 15) is 14.4 Å². The first kappa shape index (κ1) is 22.6. The van der Waals surface area contributed by atoms with Crippen LogP contribution in [0.4, 0.5) is 5.69 Å². The van der Waals surface area contributed by atoms with Gasteiger partial charge in [0.15, 0.2) is 0 Å². The van der Waals surface area contributed by atoms with Crippen LogP contribution in [-0.2, 0) is 20.8 Å². The van der Waals surface area contributed by atoms with E-state index in [4.69, 9.17) is 4.74 Å². The number of carbonyl (C=O) groups excluding carboxylic acids is 3. The summed E-state index contributed by atoms with van der Waals surface area (Å²) in [5, 5.41) is 2.89. The molecule has 3 fully saturated rings. The minimum Gasteiger partial charge on any atom is -0.495 e. The number of amides is 3. The number of fused-ring (bicyclic) bond motifs is 5. The topological polar surface area (TPSA) is 75.7 Å². The van der Waals surface area contributed by atoms with Crippen molar-refractivity contribution >= 4 is 55.3 Å². The van der Waals surface area contributed by atoms with Crippen molar-refractivity contribution in [2.45, 2.75) is 28.5 Å². The third-order valence-corrected chi connectivity index (χ3v) is 10.5. The lowest BCUT2D eigenvalue weighted by Gasteiger charge is -2.28. The first-order valence-electron chi connectivity index (χ1n) is 11.0. The third-order valence-electron chi connectivity index (χ3n) is 7.27. The van der Waals surface area contributed by atoms with E-state index in [0.29, 0.717) is 11.4 Å². The highest BCUT2D eigenvalue weighted by molar-refractivity contribution is 9.12. The summed E-state index contributed by atoms with van der Waals surface area (Å²) in [6.45, 7) is 0. The molecule has 2 saturated carbocycles. The zero-order valence-corrected chi connectivity index (χ0v) is 21.2. The van der Waals surface area contributed by atoms with Crippen molar-refractivity contribution in [1.29, 1.82) is 0 Å². The van der Waals surface area contributed by atoms with Crippen LogP contribution in [0, 0.1) is 23.7 Å². The van der Waals surface area contributed by atoms with Gasteiger partial charge in [-0.15, -0.1) is 0 Å². The van der Waals surface area contributed by atoms with Gasteiger partial charge in [-0.25, -0.2) is 0 Å². The number of benzene rings is 2. The van der Waals surface area contributed by atoms with E-state index in [1.54, 1.807) is 18.2 Å². The maximum Gasteiger partial charge on any atom is 0.248 e. The normalized spacial score (nSPS) is 30.9.